The van der Waals surface area contributed by atoms with Gasteiger partial charge < -0.3 is 4.74 Å². The van der Waals surface area contributed by atoms with Crippen LogP contribution in [0.25, 0.3) is 0 Å². The van der Waals surface area contributed by atoms with Crippen LogP contribution in [0, 0.1) is 58.2 Å². The molecular weight excluding hydrogens is 408 g/mol. The van der Waals surface area contributed by atoms with E-state index in [2.05, 4.69) is 41.5 Å². The van der Waals surface area contributed by atoms with Gasteiger partial charge in [0.2, 0.25) is 0 Å². The molecule has 0 aromatic carbocycles. The highest BCUT2D eigenvalue weighted by atomic mass is 16.5. The van der Waals surface area contributed by atoms with Crippen molar-refractivity contribution in [3.05, 3.63) is 0 Å². The maximum absolute atomic E-state index is 12.3. The fourth-order valence-electron chi connectivity index (χ4n) is 9.49. The molecule has 188 valence electrons. The van der Waals surface area contributed by atoms with Crippen molar-refractivity contribution >= 4 is 11.8 Å². The summed E-state index contributed by atoms with van der Waals surface area (Å²) in [7, 11) is 0. The van der Waals surface area contributed by atoms with Gasteiger partial charge in [-0.05, 0) is 90.8 Å². The third-order valence-electron chi connectivity index (χ3n) is 11.7. The Labute approximate surface area is 203 Å². The SMILES string of the molecule is CC(=O)O[C@@H]1C[C@]2(C)[C@H](CC[C@@H]2[C@H](C)CC[C@H](C)C(C)C)[C@@H]2CC[C@H]3CC(=O)CC[C@@]3(C)[C@H]21. The van der Waals surface area contributed by atoms with Crippen LogP contribution in [0.2, 0.25) is 0 Å². The Bertz CT molecular complexity index is 743. The number of esters is 1. The molecule has 0 amide bonds. The lowest BCUT2D eigenvalue weighted by Gasteiger charge is -2.62. The van der Waals surface area contributed by atoms with E-state index >= 15 is 0 Å². The molecule has 4 aliphatic rings. The number of hydrogen-bond acceptors (Lipinski definition) is 3. The van der Waals surface area contributed by atoms with Gasteiger partial charge in [-0.25, -0.2) is 0 Å². The number of carbonyl (C=O) groups excluding carboxylic acids is 2. The van der Waals surface area contributed by atoms with Gasteiger partial charge in [0, 0.05) is 25.7 Å². The Morgan fingerprint density at radius 3 is 2.42 bits per heavy atom. The van der Waals surface area contributed by atoms with Crippen LogP contribution in [0.1, 0.15) is 113 Å². The van der Waals surface area contributed by atoms with E-state index in [9.17, 15) is 9.59 Å². The summed E-state index contributed by atoms with van der Waals surface area (Å²) in [6.07, 6.45) is 11.3. The Kier molecular flexibility index (Phi) is 7.12. The predicted octanol–water partition coefficient (Wildman–Crippen LogP) is 7.46. The molecule has 0 radical (unpaired) electrons. The molecule has 4 rings (SSSR count). The Balaban J connectivity index is 1.59. The number of ether oxygens (including phenoxy) is 1. The van der Waals surface area contributed by atoms with Gasteiger partial charge in [0.1, 0.15) is 11.9 Å². The van der Waals surface area contributed by atoms with Crippen LogP contribution in [-0.2, 0) is 14.3 Å². The van der Waals surface area contributed by atoms with E-state index in [1.807, 2.05) is 0 Å². The van der Waals surface area contributed by atoms with Gasteiger partial charge >= 0.3 is 5.97 Å². The summed E-state index contributed by atoms with van der Waals surface area (Å²) in [5, 5.41) is 0. The molecule has 3 heteroatoms. The van der Waals surface area contributed by atoms with E-state index in [4.69, 9.17) is 4.74 Å². The van der Waals surface area contributed by atoms with Gasteiger partial charge in [-0.2, -0.15) is 0 Å². The van der Waals surface area contributed by atoms with Crippen molar-refractivity contribution < 1.29 is 14.3 Å². The molecule has 0 saturated heterocycles. The highest BCUT2D eigenvalue weighted by Gasteiger charge is 2.64. The third kappa shape index (κ3) is 4.44. The quantitative estimate of drug-likeness (QED) is 0.388. The first-order valence-corrected chi connectivity index (χ1v) is 14.2. The molecule has 0 heterocycles. The van der Waals surface area contributed by atoms with Crippen molar-refractivity contribution in [1.29, 1.82) is 0 Å². The average molecular weight is 459 g/mol. The lowest BCUT2D eigenvalue weighted by atomic mass is 9.43. The van der Waals surface area contributed by atoms with Crippen LogP contribution in [0.15, 0.2) is 0 Å². The fraction of sp³-hybridized carbons (Fsp3) is 0.933. The minimum absolute atomic E-state index is 0.0251. The molecule has 0 aliphatic heterocycles. The van der Waals surface area contributed by atoms with E-state index in [0.29, 0.717) is 23.5 Å². The van der Waals surface area contributed by atoms with Gasteiger partial charge in [0.05, 0.1) is 0 Å². The topological polar surface area (TPSA) is 43.4 Å². The summed E-state index contributed by atoms with van der Waals surface area (Å²) < 4.78 is 6.21. The molecule has 0 aromatic rings. The summed E-state index contributed by atoms with van der Waals surface area (Å²) in [5.41, 5.74) is 0.421. The zero-order valence-electron chi connectivity index (χ0n) is 22.5. The first kappa shape index (κ1) is 25.2. The van der Waals surface area contributed by atoms with Gasteiger partial charge in [0.15, 0.2) is 0 Å². The maximum atomic E-state index is 12.3. The Morgan fingerprint density at radius 1 is 1.03 bits per heavy atom. The molecule has 4 fully saturated rings. The lowest BCUT2D eigenvalue weighted by Crippen LogP contribution is -2.59. The highest BCUT2D eigenvalue weighted by molar-refractivity contribution is 5.79. The van der Waals surface area contributed by atoms with Crippen LogP contribution >= 0.6 is 0 Å². The third-order valence-corrected chi connectivity index (χ3v) is 11.7. The summed E-state index contributed by atoms with van der Waals surface area (Å²) in [6, 6.07) is 0. The summed E-state index contributed by atoms with van der Waals surface area (Å²) in [5.74, 6) is 5.65. The van der Waals surface area contributed by atoms with E-state index in [-0.39, 0.29) is 22.9 Å². The predicted molar refractivity (Wildman–Crippen MR) is 134 cm³/mol. The van der Waals surface area contributed by atoms with Crippen molar-refractivity contribution in [2.75, 3.05) is 0 Å². The van der Waals surface area contributed by atoms with Crippen LogP contribution in [-0.4, -0.2) is 17.9 Å². The van der Waals surface area contributed by atoms with Crippen LogP contribution in [0.3, 0.4) is 0 Å². The van der Waals surface area contributed by atoms with Crippen LogP contribution < -0.4 is 0 Å². The number of fused-ring (bicyclic) bond motifs is 5. The molecule has 0 aromatic heterocycles. The standard InChI is InChI=1S/C30H50O3/c1-18(2)19(3)8-9-20(4)25-12-13-26-24-11-10-22-16-23(32)14-15-29(22,6)28(24)27(33-21(5)31)17-30(25,26)7/h18-20,22,24-28H,8-17H2,1-7H3/t19-,20+,22-,24-,25+,26+,27+,28+,29+,30-/m0/s1. The van der Waals surface area contributed by atoms with Crippen LogP contribution in [0.4, 0.5) is 0 Å². The smallest absolute Gasteiger partial charge is 0.302 e. The summed E-state index contributed by atoms with van der Waals surface area (Å²) >= 11 is 0. The number of rotatable bonds is 6. The molecule has 33 heavy (non-hydrogen) atoms. The molecule has 0 unspecified atom stereocenters. The highest BCUT2D eigenvalue weighted by Crippen LogP contribution is 2.68. The molecule has 10 atom stereocenters. The normalized spacial score (nSPS) is 44.5. The van der Waals surface area contributed by atoms with Gasteiger partial charge in [-0.15, -0.1) is 0 Å². The monoisotopic (exact) mass is 458 g/mol. The molecular formula is C30H50O3. The van der Waals surface area contributed by atoms with E-state index in [1.54, 1.807) is 6.92 Å². The second-order valence-corrected chi connectivity index (χ2v) is 13.6. The van der Waals surface area contributed by atoms with Crippen molar-refractivity contribution in [2.45, 2.75) is 119 Å². The first-order valence-electron chi connectivity index (χ1n) is 14.2. The molecule has 0 N–H and O–H groups in total. The molecule has 4 saturated carbocycles. The fourth-order valence-corrected chi connectivity index (χ4v) is 9.49. The average Bonchev–Trinajstić information content (AvgIpc) is 3.08. The summed E-state index contributed by atoms with van der Waals surface area (Å²) in [4.78, 5) is 24.6. The molecule has 4 aliphatic carbocycles. The van der Waals surface area contributed by atoms with Crippen molar-refractivity contribution in [2.24, 2.45) is 58.2 Å². The number of carbonyl (C=O) groups is 2. The zero-order chi connectivity index (χ0) is 24.1. The number of hydrogen-bond donors (Lipinski definition) is 0. The summed E-state index contributed by atoms with van der Waals surface area (Å²) in [6.45, 7) is 16.2. The van der Waals surface area contributed by atoms with Crippen molar-refractivity contribution in [3.8, 4) is 0 Å². The van der Waals surface area contributed by atoms with Gasteiger partial charge in [0.25, 0.3) is 0 Å². The van der Waals surface area contributed by atoms with Crippen LogP contribution in [0.5, 0.6) is 0 Å². The van der Waals surface area contributed by atoms with Crippen molar-refractivity contribution in [3.63, 3.8) is 0 Å². The van der Waals surface area contributed by atoms with Crippen molar-refractivity contribution in [1.82, 2.24) is 0 Å². The Hall–Kier alpha value is -0.860. The minimum atomic E-state index is -0.119. The van der Waals surface area contributed by atoms with E-state index in [1.165, 1.54) is 38.5 Å². The molecule has 0 bridgehead atoms. The van der Waals surface area contributed by atoms with E-state index in [0.717, 1.165) is 55.3 Å². The maximum Gasteiger partial charge on any atom is 0.302 e. The van der Waals surface area contributed by atoms with Gasteiger partial charge in [-0.3, -0.25) is 9.59 Å². The molecule has 0 spiro atoms. The lowest BCUT2D eigenvalue weighted by molar-refractivity contribution is -0.195. The Morgan fingerprint density at radius 2 is 1.76 bits per heavy atom. The first-order chi connectivity index (χ1) is 15.5. The minimum Gasteiger partial charge on any atom is -0.462 e. The second kappa shape index (κ2) is 9.30. The number of ketones is 1. The van der Waals surface area contributed by atoms with E-state index < -0.39 is 0 Å². The van der Waals surface area contributed by atoms with Gasteiger partial charge in [-0.1, -0.05) is 54.4 Å². The number of Topliss-reactive ketones (excluding diaryl/α,β-unsaturated/α-hetero) is 1. The molecule has 3 nitrogen and oxygen atoms in total. The second-order valence-electron chi connectivity index (χ2n) is 13.6. The largest absolute Gasteiger partial charge is 0.462 e. The zero-order valence-corrected chi connectivity index (χ0v) is 22.5.